The Hall–Kier alpha value is -3.85. The fourth-order valence-corrected chi connectivity index (χ4v) is 1.66. The molecule has 25 heavy (non-hydrogen) atoms. The van der Waals surface area contributed by atoms with Crippen molar-refractivity contribution >= 4 is 5.52 Å². The average Bonchev–Trinajstić information content (AvgIpc) is 3.07. The van der Waals surface area contributed by atoms with Crippen LogP contribution < -0.4 is 0 Å². The summed E-state index contributed by atoms with van der Waals surface area (Å²) in [5, 5.41) is 9.06. The number of H-pyrrole nitrogens is 1. The number of imidazole rings is 1. The molecule has 2 rings (SSSR count). The Balaban J connectivity index is 2.54. The molecular weight excluding hydrogens is 314 g/mol. The molecule has 0 bridgehead atoms. The molecule has 0 spiro atoms. The third-order valence-electron chi connectivity index (χ3n) is 2.81. The normalized spacial score (nSPS) is 8.76. The summed E-state index contributed by atoms with van der Waals surface area (Å²) in [6.45, 7) is 0. The zero-order valence-electron chi connectivity index (χ0n) is 13.4. The summed E-state index contributed by atoms with van der Waals surface area (Å²) in [5.74, 6) is 0. The first kappa shape index (κ1) is 17.5. The van der Waals surface area contributed by atoms with Gasteiger partial charge >= 0.3 is 0 Å². The van der Waals surface area contributed by atoms with Gasteiger partial charge in [0.15, 0.2) is 0 Å². The second-order valence-corrected chi connectivity index (χ2v) is 4.57. The van der Waals surface area contributed by atoms with Gasteiger partial charge in [-0.3, -0.25) is 4.98 Å². The van der Waals surface area contributed by atoms with Gasteiger partial charge in [-0.15, -0.1) is 0 Å². The summed E-state index contributed by atoms with van der Waals surface area (Å²) in [6.07, 6.45) is 14.9. The zero-order valence-corrected chi connectivity index (χ0v) is 13.4. The highest BCUT2D eigenvalue weighted by molar-refractivity contribution is 5.41. The van der Waals surface area contributed by atoms with E-state index in [9.17, 15) is 0 Å². The van der Waals surface area contributed by atoms with Crippen LogP contribution >= 0.6 is 0 Å². The minimum absolute atomic E-state index is 0.398. The van der Waals surface area contributed by atoms with Gasteiger partial charge in [0.1, 0.15) is 12.3 Å². The fourth-order valence-electron chi connectivity index (χ4n) is 1.66. The van der Waals surface area contributed by atoms with Crippen molar-refractivity contribution in [2.45, 2.75) is 0 Å². The smallest absolute Gasteiger partial charge is 0.108 e. The van der Waals surface area contributed by atoms with Gasteiger partial charge in [-0.2, -0.15) is 5.26 Å². The molecule has 0 saturated carbocycles. The third-order valence-corrected chi connectivity index (χ3v) is 2.81. The summed E-state index contributed by atoms with van der Waals surface area (Å²) in [6, 6.07) is 14.4. The number of rotatable bonds is 0. The number of nitriles is 1. The maximum absolute atomic E-state index is 9.06. The Bertz CT molecular complexity index is 946. The van der Waals surface area contributed by atoms with E-state index in [0.717, 1.165) is 5.52 Å². The number of aromatic amines is 1. The van der Waals surface area contributed by atoms with Crippen LogP contribution in [0.4, 0.5) is 0 Å². The standard InChI is InChI=1S/C19H17N5O/c20-14-18-6-2-4-12-24-17-23-15-19(24)7-9-22-11-10-21-8-3-1-5-13-25-16-18/h1-13,15-17,22H. The number of aromatic nitrogens is 4. The van der Waals surface area contributed by atoms with Gasteiger partial charge in [-0.1, -0.05) is 12.1 Å². The summed E-state index contributed by atoms with van der Waals surface area (Å²) in [5.41, 5.74) is 1.30. The first-order valence-electron chi connectivity index (χ1n) is 7.45. The summed E-state index contributed by atoms with van der Waals surface area (Å²) >= 11 is 0. The molecular formula is C19H17N5O. The van der Waals surface area contributed by atoms with Gasteiger partial charge in [0, 0.05) is 31.0 Å². The van der Waals surface area contributed by atoms with Crippen LogP contribution in [0, 0.1) is 11.3 Å². The molecule has 2 heterocycles. The first-order chi connectivity index (χ1) is 12.4. The average molecular weight is 331 g/mol. The second-order valence-electron chi connectivity index (χ2n) is 4.57. The lowest BCUT2D eigenvalue weighted by Gasteiger charge is -1.84. The van der Waals surface area contributed by atoms with E-state index in [2.05, 4.69) is 15.0 Å². The topological polar surface area (TPSA) is 82.9 Å². The molecule has 1 N–H and O–H groups in total. The van der Waals surface area contributed by atoms with E-state index in [4.69, 9.17) is 9.68 Å². The van der Waals surface area contributed by atoms with Crippen LogP contribution in [0.25, 0.3) is 5.52 Å². The van der Waals surface area contributed by atoms with Crippen molar-refractivity contribution < 1.29 is 4.42 Å². The van der Waals surface area contributed by atoms with Crippen molar-refractivity contribution in [3.05, 3.63) is 104 Å². The van der Waals surface area contributed by atoms with E-state index in [1.807, 2.05) is 28.8 Å². The predicted molar refractivity (Wildman–Crippen MR) is 94.8 cm³/mol. The molecule has 0 aliphatic rings. The monoisotopic (exact) mass is 331 g/mol. The van der Waals surface area contributed by atoms with Crippen molar-refractivity contribution in [2.75, 3.05) is 0 Å². The predicted octanol–water partition coefficient (Wildman–Crippen LogP) is 4.02. The Kier molecular flexibility index (Phi) is 7.57. The van der Waals surface area contributed by atoms with E-state index in [1.54, 1.807) is 67.6 Å². The van der Waals surface area contributed by atoms with Crippen LogP contribution in [0.3, 0.4) is 0 Å². The molecule has 0 aliphatic carbocycles. The summed E-state index contributed by atoms with van der Waals surface area (Å²) < 4.78 is 7.03. The lowest BCUT2D eigenvalue weighted by atomic mass is 10.3. The maximum Gasteiger partial charge on any atom is 0.108 e. The highest BCUT2D eigenvalue weighted by Crippen LogP contribution is 1.95. The number of hydrogen-bond acceptors (Lipinski definition) is 4. The van der Waals surface area contributed by atoms with Crippen molar-refractivity contribution in [2.24, 2.45) is 0 Å². The molecule has 0 fully saturated rings. The molecule has 0 saturated heterocycles. The maximum atomic E-state index is 9.06. The number of fused-ring (bicyclic) bond motifs is 1. The molecule has 0 aromatic carbocycles. The van der Waals surface area contributed by atoms with Crippen LogP contribution in [-0.2, 0) is 0 Å². The third kappa shape index (κ3) is 6.84. The van der Waals surface area contributed by atoms with Gasteiger partial charge in [0.2, 0.25) is 0 Å². The SMILES string of the molecule is N#Cc1ccccn2cncc2cc[nH]ccncccccoc1. The van der Waals surface area contributed by atoms with Crippen molar-refractivity contribution in [1.29, 1.82) is 5.26 Å². The van der Waals surface area contributed by atoms with Crippen LogP contribution in [0.15, 0.2) is 103 Å². The minimum atomic E-state index is 0.398. The first-order valence-corrected chi connectivity index (χ1v) is 7.45. The molecule has 0 aliphatic heterocycles. The van der Waals surface area contributed by atoms with Gasteiger partial charge < -0.3 is 13.8 Å². The van der Waals surface area contributed by atoms with Crippen molar-refractivity contribution in [3.8, 4) is 6.07 Å². The highest BCUT2D eigenvalue weighted by Gasteiger charge is 1.84. The van der Waals surface area contributed by atoms with Gasteiger partial charge in [0.05, 0.1) is 29.9 Å². The quantitative estimate of drug-likeness (QED) is 0.790. The number of nitrogens with zero attached hydrogens (tertiary/aromatic N) is 4. The molecule has 6 heteroatoms. The Labute approximate surface area is 145 Å². The van der Waals surface area contributed by atoms with E-state index >= 15 is 0 Å². The van der Waals surface area contributed by atoms with Gasteiger partial charge in [0.25, 0.3) is 0 Å². The van der Waals surface area contributed by atoms with Crippen LogP contribution in [0.5, 0.6) is 0 Å². The molecule has 2 aromatic rings. The molecule has 0 unspecified atom stereocenters. The molecule has 0 radical (unpaired) electrons. The lowest BCUT2D eigenvalue weighted by molar-refractivity contribution is 0.552. The van der Waals surface area contributed by atoms with Crippen LogP contribution in [0.2, 0.25) is 0 Å². The van der Waals surface area contributed by atoms with Crippen molar-refractivity contribution in [1.82, 2.24) is 19.4 Å². The summed E-state index contributed by atoms with van der Waals surface area (Å²) in [7, 11) is 0. The Morgan fingerprint density at radius 1 is 1.00 bits per heavy atom. The Morgan fingerprint density at radius 3 is 2.88 bits per heavy atom. The molecule has 0 amide bonds. The number of hydrogen-bond donors (Lipinski definition) is 1. The molecule has 6 nitrogen and oxygen atoms in total. The molecule has 0 atom stereocenters. The fraction of sp³-hybridized carbons (Fsp3) is 0. The van der Waals surface area contributed by atoms with E-state index in [0.29, 0.717) is 5.56 Å². The summed E-state index contributed by atoms with van der Waals surface area (Å²) in [4.78, 5) is 11.2. The van der Waals surface area contributed by atoms with Crippen molar-refractivity contribution in [3.63, 3.8) is 0 Å². The lowest BCUT2D eigenvalue weighted by Crippen LogP contribution is -1.74. The van der Waals surface area contributed by atoms with Gasteiger partial charge in [-0.25, -0.2) is 4.98 Å². The minimum Gasteiger partial charge on any atom is -0.471 e. The van der Waals surface area contributed by atoms with Gasteiger partial charge in [-0.05, 0) is 30.3 Å². The zero-order chi connectivity index (χ0) is 17.6. The van der Waals surface area contributed by atoms with Crippen LogP contribution in [0.1, 0.15) is 5.56 Å². The highest BCUT2D eigenvalue weighted by atomic mass is 16.3. The number of nitrogens with one attached hydrogen (secondary N) is 1. The Morgan fingerprint density at radius 2 is 1.96 bits per heavy atom. The largest absolute Gasteiger partial charge is 0.471 e. The van der Waals surface area contributed by atoms with E-state index < -0.39 is 0 Å². The second kappa shape index (κ2) is 10.8. The molecule has 2 aromatic heterocycles. The van der Waals surface area contributed by atoms with E-state index in [-0.39, 0.29) is 0 Å². The van der Waals surface area contributed by atoms with Crippen LogP contribution in [-0.4, -0.2) is 19.4 Å². The molecule has 124 valence electrons. The van der Waals surface area contributed by atoms with E-state index in [1.165, 1.54) is 12.5 Å².